The second kappa shape index (κ2) is 5.95. The maximum absolute atomic E-state index is 13.4. The van der Waals surface area contributed by atoms with Gasteiger partial charge in [0.25, 0.3) is 5.91 Å². The van der Waals surface area contributed by atoms with E-state index in [9.17, 15) is 17.6 Å². The Bertz CT molecular complexity index is 788. The van der Waals surface area contributed by atoms with Crippen LogP contribution in [-0.4, -0.2) is 20.6 Å². The van der Waals surface area contributed by atoms with Gasteiger partial charge >= 0.3 is 0 Å². The summed E-state index contributed by atoms with van der Waals surface area (Å²) < 4.78 is 36.3. The van der Waals surface area contributed by atoms with E-state index in [1.807, 2.05) is 0 Å². The number of hydrogen-bond acceptors (Lipinski definition) is 3. The van der Waals surface area contributed by atoms with Crippen LogP contribution >= 0.6 is 15.9 Å². The molecule has 0 atom stereocenters. The zero-order valence-electron chi connectivity index (χ0n) is 10.9. The second-order valence-corrected chi connectivity index (χ2v) is 7.25. The van der Waals surface area contributed by atoms with E-state index in [-0.39, 0.29) is 14.9 Å². The van der Waals surface area contributed by atoms with E-state index in [2.05, 4.69) is 21.2 Å². The van der Waals surface area contributed by atoms with E-state index in [4.69, 9.17) is 0 Å². The molecule has 1 N–H and O–H groups in total. The Morgan fingerprint density at radius 3 is 2.29 bits per heavy atom. The number of sulfone groups is 1. The van der Waals surface area contributed by atoms with Crippen LogP contribution in [0.4, 0.5) is 10.1 Å². The molecule has 0 aliphatic heterocycles. The molecule has 4 nitrogen and oxygen atoms in total. The molecule has 7 heteroatoms. The van der Waals surface area contributed by atoms with Crippen molar-refractivity contribution in [3.05, 3.63) is 58.3 Å². The predicted molar refractivity (Wildman–Crippen MR) is 81.6 cm³/mol. The third-order valence-electron chi connectivity index (χ3n) is 2.72. The van der Waals surface area contributed by atoms with E-state index in [0.29, 0.717) is 5.69 Å². The van der Waals surface area contributed by atoms with Gasteiger partial charge in [-0.1, -0.05) is 0 Å². The lowest BCUT2D eigenvalue weighted by molar-refractivity contribution is 0.102. The normalized spacial score (nSPS) is 11.2. The van der Waals surface area contributed by atoms with Crippen molar-refractivity contribution in [3.8, 4) is 0 Å². The van der Waals surface area contributed by atoms with Gasteiger partial charge in [-0.2, -0.15) is 0 Å². The number of nitrogens with one attached hydrogen (secondary N) is 1. The molecule has 2 aromatic carbocycles. The summed E-state index contributed by atoms with van der Waals surface area (Å²) in [6.45, 7) is 0. The number of rotatable bonds is 3. The van der Waals surface area contributed by atoms with E-state index >= 15 is 0 Å². The molecule has 0 fully saturated rings. The lowest BCUT2D eigenvalue weighted by Crippen LogP contribution is -2.12. The molecule has 110 valence electrons. The van der Waals surface area contributed by atoms with Crippen molar-refractivity contribution in [1.82, 2.24) is 0 Å². The molecule has 0 aliphatic rings. The van der Waals surface area contributed by atoms with E-state index < -0.39 is 21.6 Å². The van der Waals surface area contributed by atoms with Crippen LogP contribution in [0.3, 0.4) is 0 Å². The first kappa shape index (κ1) is 15.7. The highest BCUT2D eigenvalue weighted by Gasteiger charge is 2.10. The Morgan fingerprint density at radius 2 is 1.76 bits per heavy atom. The first-order chi connectivity index (χ1) is 9.77. The highest BCUT2D eigenvalue weighted by atomic mass is 79.9. The standard InChI is InChI=1S/C14H11BrFNO3S/c1-21(19,20)11-5-3-10(4-6-11)17-14(18)9-2-7-12(15)13(16)8-9/h2-8H,1H3,(H,17,18). The molecule has 0 radical (unpaired) electrons. The van der Waals surface area contributed by atoms with Crippen LogP contribution in [0.25, 0.3) is 0 Å². The van der Waals surface area contributed by atoms with Gasteiger partial charge in [0.05, 0.1) is 9.37 Å². The van der Waals surface area contributed by atoms with Gasteiger partial charge in [-0.05, 0) is 58.4 Å². The van der Waals surface area contributed by atoms with Crippen LogP contribution in [0.2, 0.25) is 0 Å². The smallest absolute Gasteiger partial charge is 0.255 e. The highest BCUT2D eigenvalue weighted by molar-refractivity contribution is 9.10. The summed E-state index contributed by atoms with van der Waals surface area (Å²) in [6, 6.07) is 9.78. The van der Waals surface area contributed by atoms with Gasteiger partial charge in [0, 0.05) is 17.5 Å². The molecule has 0 saturated heterocycles. The fourth-order valence-electron chi connectivity index (χ4n) is 1.63. The average Bonchev–Trinajstić information content (AvgIpc) is 2.41. The molecule has 0 saturated carbocycles. The van der Waals surface area contributed by atoms with Crippen molar-refractivity contribution >= 4 is 37.4 Å². The minimum absolute atomic E-state index is 0.162. The van der Waals surface area contributed by atoms with Gasteiger partial charge in [0.15, 0.2) is 9.84 Å². The molecule has 1 amide bonds. The minimum Gasteiger partial charge on any atom is -0.322 e. The van der Waals surface area contributed by atoms with Gasteiger partial charge in [-0.3, -0.25) is 4.79 Å². The monoisotopic (exact) mass is 371 g/mol. The Kier molecular flexibility index (Phi) is 4.43. The first-order valence-corrected chi connectivity index (χ1v) is 8.52. The largest absolute Gasteiger partial charge is 0.322 e. The van der Waals surface area contributed by atoms with Crippen LogP contribution in [0.1, 0.15) is 10.4 Å². The summed E-state index contributed by atoms with van der Waals surface area (Å²) in [5, 5.41) is 2.57. The summed E-state index contributed by atoms with van der Waals surface area (Å²) >= 11 is 3.01. The zero-order valence-corrected chi connectivity index (χ0v) is 13.3. The number of carbonyl (C=O) groups excluding carboxylic acids is 1. The zero-order chi connectivity index (χ0) is 15.6. The molecule has 0 aliphatic carbocycles. The van der Waals surface area contributed by atoms with Crippen molar-refractivity contribution in [3.63, 3.8) is 0 Å². The molecular weight excluding hydrogens is 361 g/mol. The molecule has 2 aromatic rings. The highest BCUT2D eigenvalue weighted by Crippen LogP contribution is 2.18. The van der Waals surface area contributed by atoms with Crippen LogP contribution in [0, 0.1) is 5.82 Å². The molecule has 0 spiro atoms. The average molecular weight is 372 g/mol. The summed E-state index contributed by atoms with van der Waals surface area (Å²) in [6.07, 6.45) is 1.10. The number of anilines is 1. The molecule has 21 heavy (non-hydrogen) atoms. The van der Waals surface area contributed by atoms with Gasteiger partial charge in [-0.15, -0.1) is 0 Å². The topological polar surface area (TPSA) is 63.2 Å². The van der Waals surface area contributed by atoms with Crippen molar-refractivity contribution in [2.75, 3.05) is 11.6 Å². The van der Waals surface area contributed by atoms with Crippen LogP contribution in [0.15, 0.2) is 51.8 Å². The van der Waals surface area contributed by atoms with Gasteiger partial charge < -0.3 is 5.32 Å². The maximum Gasteiger partial charge on any atom is 0.255 e. The molecule has 0 bridgehead atoms. The third-order valence-corrected chi connectivity index (χ3v) is 4.49. The number of halogens is 2. The lowest BCUT2D eigenvalue weighted by atomic mass is 10.2. The molecule has 2 rings (SSSR count). The van der Waals surface area contributed by atoms with Gasteiger partial charge in [0.2, 0.25) is 0 Å². The number of carbonyl (C=O) groups is 1. The van der Waals surface area contributed by atoms with Crippen molar-refractivity contribution < 1.29 is 17.6 Å². The summed E-state index contributed by atoms with van der Waals surface area (Å²) in [5.74, 6) is -1.01. The summed E-state index contributed by atoms with van der Waals surface area (Å²) in [4.78, 5) is 12.1. The predicted octanol–water partition coefficient (Wildman–Crippen LogP) is 3.24. The molecule has 0 aromatic heterocycles. The fourth-order valence-corrected chi connectivity index (χ4v) is 2.50. The van der Waals surface area contributed by atoms with Crippen LogP contribution in [0.5, 0.6) is 0 Å². The lowest BCUT2D eigenvalue weighted by Gasteiger charge is -2.06. The molecule has 0 unspecified atom stereocenters. The fraction of sp³-hybridized carbons (Fsp3) is 0.0714. The van der Waals surface area contributed by atoms with Gasteiger partial charge in [-0.25, -0.2) is 12.8 Å². The third kappa shape index (κ3) is 3.89. The van der Waals surface area contributed by atoms with E-state index in [0.717, 1.165) is 12.3 Å². The number of amides is 1. The molecule has 0 heterocycles. The molecular formula is C14H11BrFNO3S. The Balaban J connectivity index is 2.18. The van der Waals surface area contributed by atoms with Crippen LogP contribution < -0.4 is 5.32 Å². The van der Waals surface area contributed by atoms with E-state index in [1.165, 1.54) is 36.4 Å². The SMILES string of the molecule is CS(=O)(=O)c1ccc(NC(=O)c2ccc(Br)c(F)c2)cc1. The Labute approximate surface area is 130 Å². The quantitative estimate of drug-likeness (QED) is 0.900. The minimum atomic E-state index is -3.28. The first-order valence-electron chi connectivity index (χ1n) is 5.84. The second-order valence-electron chi connectivity index (χ2n) is 4.38. The summed E-state index contributed by atoms with van der Waals surface area (Å²) in [5.41, 5.74) is 0.596. The Hall–Kier alpha value is -1.73. The van der Waals surface area contributed by atoms with Crippen molar-refractivity contribution in [1.29, 1.82) is 0 Å². The van der Waals surface area contributed by atoms with E-state index in [1.54, 1.807) is 0 Å². The van der Waals surface area contributed by atoms with Gasteiger partial charge in [0.1, 0.15) is 5.82 Å². The van der Waals surface area contributed by atoms with Crippen molar-refractivity contribution in [2.45, 2.75) is 4.90 Å². The van der Waals surface area contributed by atoms with Crippen LogP contribution in [-0.2, 0) is 9.84 Å². The van der Waals surface area contributed by atoms with Crippen molar-refractivity contribution in [2.24, 2.45) is 0 Å². The Morgan fingerprint density at radius 1 is 1.14 bits per heavy atom. The maximum atomic E-state index is 13.4. The summed E-state index contributed by atoms with van der Waals surface area (Å²) in [7, 11) is -3.28. The number of benzene rings is 2. The number of hydrogen-bond donors (Lipinski definition) is 1.